The van der Waals surface area contributed by atoms with Crippen molar-refractivity contribution >= 4 is 0 Å². The van der Waals surface area contributed by atoms with Gasteiger partial charge >= 0.3 is 0 Å². The van der Waals surface area contributed by atoms with Crippen molar-refractivity contribution < 1.29 is 13.5 Å². The molecule has 1 aliphatic carbocycles. The van der Waals surface area contributed by atoms with Crippen molar-refractivity contribution in [2.45, 2.75) is 31.4 Å². The second-order valence-electron chi connectivity index (χ2n) is 3.83. The highest BCUT2D eigenvalue weighted by Crippen LogP contribution is 2.25. The number of rotatable bonds is 2. The first-order valence-electron chi connectivity index (χ1n) is 5.04. The summed E-state index contributed by atoms with van der Waals surface area (Å²) in [5.74, 6) is -1.09. The van der Waals surface area contributed by atoms with Gasteiger partial charge in [0.25, 0.3) is 0 Å². The second-order valence-corrected chi connectivity index (χ2v) is 3.83. The summed E-state index contributed by atoms with van der Waals surface area (Å²) in [6, 6.07) is 3.11. The first kappa shape index (κ1) is 10.4. The topological polar surface area (TPSA) is 35.2 Å². The molecule has 1 fully saturated rings. The average molecular weight is 213 g/mol. The van der Waals surface area contributed by atoms with Crippen LogP contribution >= 0.6 is 0 Å². The largest absolute Gasteiger partial charge is 0.486 e. The third-order valence-electron chi connectivity index (χ3n) is 2.68. The summed E-state index contributed by atoms with van der Waals surface area (Å²) in [7, 11) is 0. The second kappa shape index (κ2) is 4.14. The molecular formula is C11H13F2NO. The number of benzene rings is 1. The fraction of sp³-hybridized carbons (Fsp3) is 0.455. The predicted octanol–water partition coefficient (Wildman–Crippen LogP) is 2.22. The van der Waals surface area contributed by atoms with Gasteiger partial charge in [0.2, 0.25) is 0 Å². The maximum atomic E-state index is 13.2. The molecule has 2 N–H and O–H groups in total. The van der Waals surface area contributed by atoms with Crippen LogP contribution in [0.1, 0.15) is 19.3 Å². The molecule has 0 amide bonds. The molecule has 2 atom stereocenters. The van der Waals surface area contributed by atoms with Crippen LogP contribution in [0.3, 0.4) is 0 Å². The first-order chi connectivity index (χ1) is 7.16. The molecule has 0 spiro atoms. The summed E-state index contributed by atoms with van der Waals surface area (Å²) in [4.78, 5) is 0. The molecule has 82 valence electrons. The molecule has 1 saturated carbocycles. The van der Waals surface area contributed by atoms with Gasteiger partial charge in [0.15, 0.2) is 11.6 Å². The Hall–Kier alpha value is -1.16. The van der Waals surface area contributed by atoms with Gasteiger partial charge in [0.05, 0.1) is 0 Å². The highest BCUT2D eigenvalue weighted by atomic mass is 19.1. The highest BCUT2D eigenvalue weighted by molar-refractivity contribution is 5.25. The van der Waals surface area contributed by atoms with Crippen molar-refractivity contribution in [2.24, 2.45) is 5.73 Å². The van der Waals surface area contributed by atoms with Crippen molar-refractivity contribution in [3.8, 4) is 5.75 Å². The maximum Gasteiger partial charge on any atom is 0.165 e. The van der Waals surface area contributed by atoms with Gasteiger partial charge in [-0.15, -0.1) is 0 Å². The summed E-state index contributed by atoms with van der Waals surface area (Å²) < 4.78 is 31.4. The Morgan fingerprint density at radius 2 is 2.07 bits per heavy atom. The molecule has 2 rings (SSSR count). The number of hydrogen-bond donors (Lipinski definition) is 1. The van der Waals surface area contributed by atoms with Crippen LogP contribution in [-0.2, 0) is 0 Å². The van der Waals surface area contributed by atoms with Crippen molar-refractivity contribution in [1.82, 2.24) is 0 Å². The van der Waals surface area contributed by atoms with E-state index in [4.69, 9.17) is 10.5 Å². The van der Waals surface area contributed by atoms with Gasteiger partial charge in [-0.05, 0) is 31.4 Å². The summed E-state index contributed by atoms with van der Waals surface area (Å²) in [6.07, 6.45) is 2.46. The van der Waals surface area contributed by atoms with Crippen molar-refractivity contribution in [2.75, 3.05) is 0 Å². The number of ether oxygens (including phenoxy) is 1. The molecule has 4 heteroatoms. The molecule has 0 radical (unpaired) electrons. The van der Waals surface area contributed by atoms with E-state index in [-0.39, 0.29) is 17.9 Å². The molecule has 1 aromatic carbocycles. The minimum Gasteiger partial charge on any atom is -0.486 e. The van der Waals surface area contributed by atoms with Gasteiger partial charge in [0.1, 0.15) is 11.9 Å². The SMILES string of the molecule is NC1CCCC1Oc1cc(F)ccc1F. The van der Waals surface area contributed by atoms with Crippen molar-refractivity contribution in [3.63, 3.8) is 0 Å². The van der Waals surface area contributed by atoms with Gasteiger partial charge in [0, 0.05) is 12.1 Å². The van der Waals surface area contributed by atoms with Crippen LogP contribution < -0.4 is 10.5 Å². The normalized spacial score (nSPS) is 25.5. The zero-order chi connectivity index (χ0) is 10.8. The van der Waals surface area contributed by atoms with E-state index in [1.165, 1.54) is 0 Å². The first-order valence-corrected chi connectivity index (χ1v) is 5.04. The fourth-order valence-electron chi connectivity index (χ4n) is 1.83. The molecule has 0 saturated heterocycles. The van der Waals surface area contributed by atoms with E-state index in [0.717, 1.165) is 37.5 Å². The predicted molar refractivity (Wildman–Crippen MR) is 52.6 cm³/mol. The Morgan fingerprint density at radius 1 is 1.27 bits per heavy atom. The molecule has 0 bridgehead atoms. The molecular weight excluding hydrogens is 200 g/mol. The maximum absolute atomic E-state index is 13.2. The number of halogens is 2. The quantitative estimate of drug-likeness (QED) is 0.817. The molecule has 1 aromatic rings. The van der Waals surface area contributed by atoms with Crippen molar-refractivity contribution in [3.05, 3.63) is 29.8 Å². The third-order valence-corrected chi connectivity index (χ3v) is 2.68. The Labute approximate surface area is 87.0 Å². The minimum atomic E-state index is -0.546. The lowest BCUT2D eigenvalue weighted by Crippen LogP contribution is -2.33. The summed E-state index contributed by atoms with van der Waals surface area (Å²) in [5.41, 5.74) is 5.77. The standard InChI is InChI=1S/C11H13F2NO/c12-7-4-5-8(13)11(6-7)15-10-3-1-2-9(10)14/h4-6,9-10H,1-3,14H2. The number of nitrogens with two attached hydrogens (primary N) is 1. The molecule has 15 heavy (non-hydrogen) atoms. The molecule has 0 heterocycles. The van der Waals surface area contributed by atoms with Gasteiger partial charge in [-0.1, -0.05) is 0 Å². The van der Waals surface area contributed by atoms with Crippen LogP contribution in [0.4, 0.5) is 8.78 Å². The molecule has 0 aliphatic heterocycles. The Balaban J connectivity index is 2.12. The fourth-order valence-corrected chi connectivity index (χ4v) is 1.83. The Bertz CT molecular complexity index is 356. The van der Waals surface area contributed by atoms with E-state index in [1.807, 2.05) is 0 Å². The average Bonchev–Trinajstić information content (AvgIpc) is 2.58. The third kappa shape index (κ3) is 2.26. The van der Waals surface area contributed by atoms with E-state index in [9.17, 15) is 8.78 Å². The molecule has 2 unspecified atom stereocenters. The van der Waals surface area contributed by atoms with Gasteiger partial charge in [-0.2, -0.15) is 0 Å². The molecule has 2 nitrogen and oxygen atoms in total. The van der Waals surface area contributed by atoms with Gasteiger partial charge in [-0.3, -0.25) is 0 Å². The van der Waals surface area contributed by atoms with E-state index in [1.54, 1.807) is 0 Å². The Morgan fingerprint density at radius 3 is 2.73 bits per heavy atom. The van der Waals surface area contributed by atoms with Crippen LogP contribution in [0.5, 0.6) is 5.75 Å². The van der Waals surface area contributed by atoms with Crippen LogP contribution in [0.15, 0.2) is 18.2 Å². The lowest BCUT2D eigenvalue weighted by molar-refractivity contribution is 0.182. The zero-order valence-electron chi connectivity index (χ0n) is 8.25. The minimum absolute atomic E-state index is 0.0441. The van der Waals surface area contributed by atoms with E-state index >= 15 is 0 Å². The van der Waals surface area contributed by atoms with E-state index in [2.05, 4.69) is 0 Å². The van der Waals surface area contributed by atoms with Gasteiger partial charge < -0.3 is 10.5 Å². The van der Waals surface area contributed by atoms with Crippen LogP contribution in [0.25, 0.3) is 0 Å². The van der Waals surface area contributed by atoms with Crippen LogP contribution in [0, 0.1) is 11.6 Å². The van der Waals surface area contributed by atoms with Crippen LogP contribution in [0.2, 0.25) is 0 Å². The van der Waals surface area contributed by atoms with E-state index in [0.29, 0.717) is 0 Å². The summed E-state index contributed by atoms with van der Waals surface area (Å²) in [6.45, 7) is 0. The smallest absolute Gasteiger partial charge is 0.165 e. The number of hydrogen-bond acceptors (Lipinski definition) is 2. The van der Waals surface area contributed by atoms with Crippen LogP contribution in [-0.4, -0.2) is 12.1 Å². The lowest BCUT2D eigenvalue weighted by atomic mass is 10.2. The Kier molecular flexibility index (Phi) is 2.86. The zero-order valence-corrected chi connectivity index (χ0v) is 8.25. The highest BCUT2D eigenvalue weighted by Gasteiger charge is 2.26. The van der Waals surface area contributed by atoms with Gasteiger partial charge in [-0.25, -0.2) is 8.78 Å². The summed E-state index contributed by atoms with van der Waals surface area (Å²) >= 11 is 0. The van der Waals surface area contributed by atoms with E-state index < -0.39 is 11.6 Å². The molecule has 1 aliphatic rings. The summed E-state index contributed by atoms with van der Waals surface area (Å²) in [5, 5.41) is 0. The molecule has 0 aromatic heterocycles. The van der Waals surface area contributed by atoms with Crippen molar-refractivity contribution in [1.29, 1.82) is 0 Å². The lowest BCUT2D eigenvalue weighted by Gasteiger charge is -2.18. The monoisotopic (exact) mass is 213 g/mol.